The van der Waals surface area contributed by atoms with E-state index in [1.165, 1.54) is 0 Å². The summed E-state index contributed by atoms with van der Waals surface area (Å²) in [5.41, 5.74) is 3.12. The van der Waals surface area contributed by atoms with Crippen LogP contribution in [0.15, 0.2) is 27.4 Å². The molecule has 5 nitrogen and oxygen atoms in total. The van der Waals surface area contributed by atoms with Crippen molar-refractivity contribution in [2.75, 3.05) is 31.1 Å². The smallest absolute Gasteiger partial charge is 0.336 e. The normalized spacial score (nSPS) is 18.7. The molecule has 0 radical (unpaired) electrons. The molecule has 1 saturated heterocycles. The van der Waals surface area contributed by atoms with E-state index in [9.17, 15) is 4.79 Å². The maximum absolute atomic E-state index is 12.1. The number of hydrogen-bond acceptors (Lipinski definition) is 5. The molecule has 1 fully saturated rings. The Hall–Kier alpha value is -2.27. The number of hydrogen-bond donors (Lipinski definition) is 1. The van der Waals surface area contributed by atoms with Gasteiger partial charge in [0, 0.05) is 43.9 Å². The predicted molar refractivity (Wildman–Crippen MR) is 105 cm³/mol. The average Bonchev–Trinajstić information content (AvgIpc) is 2.60. The van der Waals surface area contributed by atoms with Crippen LogP contribution in [0.2, 0.25) is 0 Å². The maximum Gasteiger partial charge on any atom is 0.336 e. The number of benzene rings is 1. The lowest BCUT2D eigenvalue weighted by Crippen LogP contribution is -2.44. The summed E-state index contributed by atoms with van der Waals surface area (Å²) in [6.45, 7) is 9.96. The standard InChI is InChI=1S/C21H26N2O3/c1-4-5-14-12-18(24)25-17-13-16(23-10-8-22-9-11-23)15-6-7-21(2,3)26-20(15)19(14)17/h6-7,12-13,22H,4-5,8-11H2,1-3H3. The van der Waals surface area contributed by atoms with Crippen LogP contribution in [0.25, 0.3) is 17.0 Å². The number of nitrogens with zero attached hydrogens (tertiary/aromatic N) is 1. The minimum absolute atomic E-state index is 0.294. The second-order valence-corrected chi connectivity index (χ2v) is 7.63. The van der Waals surface area contributed by atoms with Crippen molar-refractivity contribution in [3.05, 3.63) is 39.8 Å². The Morgan fingerprint density at radius 3 is 2.73 bits per heavy atom. The summed E-state index contributed by atoms with van der Waals surface area (Å²) >= 11 is 0. The van der Waals surface area contributed by atoms with Gasteiger partial charge in [-0.3, -0.25) is 0 Å². The number of fused-ring (bicyclic) bond motifs is 3. The van der Waals surface area contributed by atoms with Crippen molar-refractivity contribution < 1.29 is 9.15 Å². The number of aryl methyl sites for hydroxylation is 1. The van der Waals surface area contributed by atoms with Crippen molar-refractivity contribution in [1.82, 2.24) is 5.32 Å². The van der Waals surface area contributed by atoms with Crippen LogP contribution < -0.4 is 20.6 Å². The highest BCUT2D eigenvalue weighted by molar-refractivity contribution is 5.96. The second kappa shape index (κ2) is 6.47. The number of piperazine rings is 1. The Labute approximate surface area is 153 Å². The number of rotatable bonds is 3. The summed E-state index contributed by atoms with van der Waals surface area (Å²) < 4.78 is 12.0. The molecule has 0 aliphatic carbocycles. The van der Waals surface area contributed by atoms with Crippen molar-refractivity contribution in [3.63, 3.8) is 0 Å². The van der Waals surface area contributed by atoms with Crippen LogP contribution in [0.4, 0.5) is 5.69 Å². The summed E-state index contributed by atoms with van der Waals surface area (Å²) in [7, 11) is 0. The van der Waals surface area contributed by atoms with Gasteiger partial charge in [0.05, 0.1) is 11.1 Å². The van der Waals surface area contributed by atoms with Crippen LogP contribution in [-0.2, 0) is 6.42 Å². The number of nitrogens with one attached hydrogen (secondary N) is 1. The fourth-order valence-corrected chi connectivity index (χ4v) is 3.86. The first-order valence-corrected chi connectivity index (χ1v) is 9.46. The van der Waals surface area contributed by atoms with Crippen LogP contribution in [0.1, 0.15) is 38.3 Å². The highest BCUT2D eigenvalue weighted by Crippen LogP contribution is 2.44. The molecule has 138 valence electrons. The largest absolute Gasteiger partial charge is 0.482 e. The molecule has 0 saturated carbocycles. The third-order valence-corrected chi connectivity index (χ3v) is 5.08. The lowest BCUT2D eigenvalue weighted by atomic mass is 9.95. The van der Waals surface area contributed by atoms with Crippen molar-refractivity contribution in [3.8, 4) is 5.75 Å². The Morgan fingerprint density at radius 1 is 1.23 bits per heavy atom. The SMILES string of the molecule is CCCc1cc(=O)oc2cc(N3CCNCC3)c3c(c12)OC(C)(C)C=C3. The van der Waals surface area contributed by atoms with Gasteiger partial charge in [-0.05, 0) is 38.0 Å². The number of ether oxygens (including phenoxy) is 1. The Bertz CT molecular complexity index is 921. The molecule has 4 rings (SSSR count). The summed E-state index contributed by atoms with van der Waals surface area (Å²) in [5, 5.41) is 4.33. The van der Waals surface area contributed by atoms with Crippen LogP contribution in [-0.4, -0.2) is 31.8 Å². The van der Waals surface area contributed by atoms with E-state index in [0.717, 1.165) is 67.0 Å². The van der Waals surface area contributed by atoms with Gasteiger partial charge in [0.2, 0.25) is 0 Å². The van der Waals surface area contributed by atoms with Crippen molar-refractivity contribution in [2.24, 2.45) is 0 Å². The highest BCUT2D eigenvalue weighted by Gasteiger charge is 2.29. The number of anilines is 1. The van der Waals surface area contributed by atoms with Crippen LogP contribution in [0, 0.1) is 0 Å². The zero-order valence-corrected chi connectivity index (χ0v) is 15.7. The molecule has 0 atom stereocenters. The van der Waals surface area contributed by atoms with Gasteiger partial charge in [-0.15, -0.1) is 0 Å². The molecule has 2 aromatic rings. The van der Waals surface area contributed by atoms with Gasteiger partial charge in [-0.2, -0.15) is 0 Å². The van der Waals surface area contributed by atoms with E-state index >= 15 is 0 Å². The fourth-order valence-electron chi connectivity index (χ4n) is 3.86. The van der Waals surface area contributed by atoms with E-state index in [0.29, 0.717) is 5.58 Å². The van der Waals surface area contributed by atoms with Crippen LogP contribution >= 0.6 is 0 Å². The van der Waals surface area contributed by atoms with Crippen molar-refractivity contribution in [1.29, 1.82) is 0 Å². The summed E-state index contributed by atoms with van der Waals surface area (Å²) in [4.78, 5) is 14.5. The van der Waals surface area contributed by atoms with Gasteiger partial charge in [-0.1, -0.05) is 13.3 Å². The molecule has 5 heteroatoms. The molecule has 2 aliphatic rings. The molecular weight excluding hydrogens is 328 g/mol. The van der Waals surface area contributed by atoms with Gasteiger partial charge >= 0.3 is 5.63 Å². The minimum atomic E-state index is -0.387. The zero-order chi connectivity index (χ0) is 18.3. The van der Waals surface area contributed by atoms with Crippen molar-refractivity contribution >= 4 is 22.7 Å². The Morgan fingerprint density at radius 2 is 2.00 bits per heavy atom. The second-order valence-electron chi connectivity index (χ2n) is 7.63. The molecular formula is C21H26N2O3. The van der Waals surface area contributed by atoms with E-state index in [2.05, 4.69) is 29.3 Å². The fraction of sp³-hybridized carbons (Fsp3) is 0.476. The van der Waals surface area contributed by atoms with E-state index in [-0.39, 0.29) is 11.2 Å². The minimum Gasteiger partial charge on any atom is -0.482 e. The molecule has 1 N–H and O–H groups in total. The monoisotopic (exact) mass is 354 g/mol. The maximum atomic E-state index is 12.1. The van der Waals surface area contributed by atoms with E-state index in [4.69, 9.17) is 9.15 Å². The molecule has 0 spiro atoms. The quantitative estimate of drug-likeness (QED) is 0.857. The molecule has 0 amide bonds. The Balaban J connectivity index is 2.01. The van der Waals surface area contributed by atoms with Crippen LogP contribution in [0.5, 0.6) is 5.75 Å². The van der Waals surface area contributed by atoms with Gasteiger partial charge in [0.1, 0.15) is 16.9 Å². The molecule has 1 aromatic carbocycles. The summed E-state index contributed by atoms with van der Waals surface area (Å²) in [6.07, 6.45) is 6.06. The van der Waals surface area contributed by atoms with Gasteiger partial charge < -0.3 is 19.4 Å². The van der Waals surface area contributed by atoms with Gasteiger partial charge in [-0.25, -0.2) is 4.79 Å². The van der Waals surface area contributed by atoms with Gasteiger partial charge in [0.25, 0.3) is 0 Å². The molecule has 0 bridgehead atoms. The Kier molecular flexibility index (Phi) is 4.27. The summed E-state index contributed by atoms with van der Waals surface area (Å²) in [6, 6.07) is 3.64. The van der Waals surface area contributed by atoms with E-state index in [1.54, 1.807) is 6.07 Å². The van der Waals surface area contributed by atoms with Gasteiger partial charge in [0.15, 0.2) is 0 Å². The van der Waals surface area contributed by atoms with E-state index in [1.807, 2.05) is 19.9 Å². The predicted octanol–water partition coefficient (Wildman–Crippen LogP) is 3.34. The first-order chi connectivity index (χ1) is 12.5. The molecule has 26 heavy (non-hydrogen) atoms. The first kappa shape index (κ1) is 17.2. The molecule has 1 aromatic heterocycles. The third kappa shape index (κ3) is 3.01. The molecule has 0 unspecified atom stereocenters. The van der Waals surface area contributed by atoms with Crippen LogP contribution in [0.3, 0.4) is 0 Å². The lowest BCUT2D eigenvalue weighted by Gasteiger charge is -2.35. The third-order valence-electron chi connectivity index (χ3n) is 5.08. The molecule has 2 aliphatic heterocycles. The van der Waals surface area contributed by atoms with Crippen molar-refractivity contribution in [2.45, 2.75) is 39.2 Å². The highest BCUT2D eigenvalue weighted by atomic mass is 16.5. The topological polar surface area (TPSA) is 54.7 Å². The first-order valence-electron chi connectivity index (χ1n) is 9.46. The zero-order valence-electron chi connectivity index (χ0n) is 15.7. The summed E-state index contributed by atoms with van der Waals surface area (Å²) in [5.74, 6) is 0.843. The lowest BCUT2D eigenvalue weighted by molar-refractivity contribution is 0.161. The molecule has 3 heterocycles. The average molecular weight is 354 g/mol. The van der Waals surface area contributed by atoms with E-state index < -0.39 is 0 Å².